The molecule has 0 fully saturated rings. The first-order valence-electron chi connectivity index (χ1n) is 7.09. The lowest BCUT2D eigenvalue weighted by atomic mass is 9.71. The van der Waals surface area contributed by atoms with Crippen molar-refractivity contribution in [3.8, 4) is 0 Å². The molecule has 104 valence electrons. The molecule has 3 aromatic carbocycles. The van der Waals surface area contributed by atoms with Crippen molar-refractivity contribution in [2.45, 2.75) is 12.3 Å². The Morgan fingerprint density at radius 1 is 0.619 bits per heavy atom. The summed E-state index contributed by atoms with van der Waals surface area (Å²) in [4.78, 5) is 0. The molecule has 0 nitrogen and oxygen atoms in total. The SMILES string of the molecule is CC(c1ccccc1)(c1ccccc1)c1ccccc1F. The fourth-order valence-corrected chi connectivity index (χ4v) is 2.89. The van der Waals surface area contributed by atoms with Crippen LogP contribution in [0.1, 0.15) is 23.6 Å². The molecule has 0 aliphatic carbocycles. The van der Waals surface area contributed by atoms with E-state index in [1.54, 1.807) is 6.07 Å². The van der Waals surface area contributed by atoms with Crippen LogP contribution in [0.5, 0.6) is 0 Å². The van der Waals surface area contributed by atoms with E-state index >= 15 is 0 Å². The summed E-state index contributed by atoms with van der Waals surface area (Å²) in [5.74, 6) is -0.173. The lowest BCUT2D eigenvalue weighted by Crippen LogP contribution is -2.26. The van der Waals surface area contributed by atoms with Gasteiger partial charge in [0.2, 0.25) is 0 Å². The summed E-state index contributed by atoms with van der Waals surface area (Å²) >= 11 is 0. The van der Waals surface area contributed by atoms with Gasteiger partial charge in [0.05, 0.1) is 0 Å². The molecule has 0 aliphatic heterocycles. The third kappa shape index (κ3) is 2.36. The molecule has 0 radical (unpaired) electrons. The number of benzene rings is 3. The van der Waals surface area contributed by atoms with E-state index in [9.17, 15) is 4.39 Å². The van der Waals surface area contributed by atoms with Crippen molar-refractivity contribution in [1.29, 1.82) is 0 Å². The second kappa shape index (κ2) is 5.53. The largest absolute Gasteiger partial charge is 0.207 e. The Morgan fingerprint density at radius 3 is 1.52 bits per heavy atom. The summed E-state index contributed by atoms with van der Waals surface area (Å²) in [5.41, 5.74) is 2.36. The molecule has 0 aromatic heterocycles. The molecule has 0 spiro atoms. The first kappa shape index (κ1) is 13.6. The van der Waals surface area contributed by atoms with Gasteiger partial charge in [-0.15, -0.1) is 0 Å². The lowest BCUT2D eigenvalue weighted by Gasteiger charge is -2.32. The molecule has 1 heteroatoms. The fraction of sp³-hybridized carbons (Fsp3) is 0.100. The number of hydrogen-bond donors (Lipinski definition) is 0. The summed E-state index contributed by atoms with van der Waals surface area (Å²) in [6, 6.07) is 27.2. The molecular formula is C20H17F. The van der Waals surface area contributed by atoms with Crippen molar-refractivity contribution in [2.24, 2.45) is 0 Å². The van der Waals surface area contributed by atoms with Crippen molar-refractivity contribution in [2.75, 3.05) is 0 Å². The second-order valence-electron chi connectivity index (χ2n) is 5.34. The van der Waals surface area contributed by atoms with Gasteiger partial charge in [0, 0.05) is 11.0 Å². The summed E-state index contributed by atoms with van der Waals surface area (Å²) in [6.45, 7) is 2.08. The monoisotopic (exact) mass is 276 g/mol. The minimum atomic E-state index is -0.506. The highest BCUT2D eigenvalue weighted by molar-refractivity contribution is 5.49. The quantitative estimate of drug-likeness (QED) is 0.578. The third-order valence-electron chi connectivity index (χ3n) is 4.11. The Bertz CT molecular complexity index is 678. The van der Waals surface area contributed by atoms with Gasteiger partial charge in [0.1, 0.15) is 5.82 Å². The standard InChI is InChI=1S/C20H17F/c1-20(16-10-4-2-5-11-16,17-12-6-3-7-13-17)18-14-8-9-15-19(18)21/h2-15H,1H3. The van der Waals surface area contributed by atoms with Crippen LogP contribution in [0, 0.1) is 5.82 Å². The number of halogens is 1. The van der Waals surface area contributed by atoms with Crippen molar-refractivity contribution in [3.05, 3.63) is 107 Å². The molecule has 0 saturated carbocycles. The van der Waals surface area contributed by atoms with E-state index in [0.29, 0.717) is 5.56 Å². The maximum absolute atomic E-state index is 14.5. The fourth-order valence-electron chi connectivity index (χ4n) is 2.89. The zero-order valence-electron chi connectivity index (χ0n) is 12.0. The van der Waals surface area contributed by atoms with Gasteiger partial charge < -0.3 is 0 Å². The zero-order chi connectivity index (χ0) is 14.7. The van der Waals surface area contributed by atoms with E-state index in [0.717, 1.165) is 11.1 Å². The van der Waals surface area contributed by atoms with Crippen LogP contribution in [-0.4, -0.2) is 0 Å². The van der Waals surface area contributed by atoms with E-state index in [1.807, 2.05) is 48.5 Å². The molecular weight excluding hydrogens is 259 g/mol. The Kier molecular flexibility index (Phi) is 3.57. The molecule has 0 aliphatic rings. The van der Waals surface area contributed by atoms with Crippen molar-refractivity contribution in [1.82, 2.24) is 0 Å². The Labute approximate surface area is 124 Å². The van der Waals surface area contributed by atoms with Gasteiger partial charge in [-0.1, -0.05) is 78.9 Å². The van der Waals surface area contributed by atoms with Crippen LogP contribution >= 0.6 is 0 Å². The summed E-state index contributed by atoms with van der Waals surface area (Å²) in [5, 5.41) is 0. The van der Waals surface area contributed by atoms with Crippen LogP contribution in [-0.2, 0) is 5.41 Å². The summed E-state index contributed by atoms with van der Waals surface area (Å²) in [6.07, 6.45) is 0. The van der Waals surface area contributed by atoms with Crippen molar-refractivity contribution < 1.29 is 4.39 Å². The molecule has 0 N–H and O–H groups in total. The number of rotatable bonds is 3. The maximum Gasteiger partial charge on any atom is 0.127 e. The molecule has 0 saturated heterocycles. The summed E-state index contributed by atoms with van der Waals surface area (Å²) in [7, 11) is 0. The van der Waals surface area contributed by atoms with Crippen LogP contribution in [0.4, 0.5) is 4.39 Å². The van der Waals surface area contributed by atoms with E-state index in [1.165, 1.54) is 6.07 Å². The van der Waals surface area contributed by atoms with Crippen molar-refractivity contribution in [3.63, 3.8) is 0 Å². The highest BCUT2D eigenvalue weighted by Gasteiger charge is 2.33. The van der Waals surface area contributed by atoms with Gasteiger partial charge in [0.15, 0.2) is 0 Å². The van der Waals surface area contributed by atoms with E-state index < -0.39 is 5.41 Å². The van der Waals surface area contributed by atoms with Gasteiger partial charge in [-0.2, -0.15) is 0 Å². The Balaban J connectivity index is 2.29. The molecule has 0 heterocycles. The lowest BCUT2D eigenvalue weighted by molar-refractivity contribution is 0.567. The summed E-state index contributed by atoms with van der Waals surface area (Å²) < 4.78 is 14.5. The second-order valence-corrected chi connectivity index (χ2v) is 5.34. The van der Waals surface area contributed by atoms with Gasteiger partial charge in [-0.3, -0.25) is 0 Å². The molecule has 21 heavy (non-hydrogen) atoms. The van der Waals surface area contributed by atoms with E-state index in [4.69, 9.17) is 0 Å². The Hall–Kier alpha value is -2.41. The van der Waals surface area contributed by atoms with Gasteiger partial charge >= 0.3 is 0 Å². The van der Waals surface area contributed by atoms with Crippen LogP contribution in [0.15, 0.2) is 84.9 Å². The molecule has 0 unspecified atom stereocenters. The average Bonchev–Trinajstić information content (AvgIpc) is 2.56. The van der Waals surface area contributed by atoms with Crippen LogP contribution in [0.3, 0.4) is 0 Å². The minimum absolute atomic E-state index is 0.173. The highest BCUT2D eigenvalue weighted by atomic mass is 19.1. The van der Waals surface area contributed by atoms with Crippen LogP contribution < -0.4 is 0 Å². The zero-order valence-corrected chi connectivity index (χ0v) is 12.0. The first-order valence-corrected chi connectivity index (χ1v) is 7.09. The Morgan fingerprint density at radius 2 is 1.05 bits per heavy atom. The minimum Gasteiger partial charge on any atom is -0.207 e. The van der Waals surface area contributed by atoms with Crippen molar-refractivity contribution >= 4 is 0 Å². The van der Waals surface area contributed by atoms with E-state index in [2.05, 4.69) is 31.2 Å². The number of hydrogen-bond acceptors (Lipinski definition) is 0. The average molecular weight is 276 g/mol. The first-order chi connectivity index (χ1) is 10.2. The molecule has 0 bridgehead atoms. The molecule has 0 atom stereocenters. The normalized spacial score (nSPS) is 11.3. The molecule has 3 aromatic rings. The van der Waals surface area contributed by atoms with Gasteiger partial charge in [-0.25, -0.2) is 4.39 Å². The maximum atomic E-state index is 14.5. The van der Waals surface area contributed by atoms with Crippen LogP contribution in [0.25, 0.3) is 0 Å². The predicted molar refractivity (Wildman–Crippen MR) is 84.8 cm³/mol. The molecule has 0 amide bonds. The van der Waals surface area contributed by atoms with Gasteiger partial charge in [-0.05, 0) is 24.1 Å². The third-order valence-corrected chi connectivity index (χ3v) is 4.11. The van der Waals surface area contributed by atoms with Crippen LogP contribution in [0.2, 0.25) is 0 Å². The predicted octanol–water partition coefficient (Wildman–Crippen LogP) is 5.18. The topological polar surface area (TPSA) is 0 Å². The van der Waals surface area contributed by atoms with Gasteiger partial charge in [0.25, 0.3) is 0 Å². The molecule has 3 rings (SSSR count). The van der Waals surface area contributed by atoms with E-state index in [-0.39, 0.29) is 5.82 Å². The highest BCUT2D eigenvalue weighted by Crippen LogP contribution is 2.39. The smallest absolute Gasteiger partial charge is 0.127 e.